The number of rotatable bonds is 2. The smallest absolute Gasteiger partial charge is 0.371 e. The summed E-state index contributed by atoms with van der Waals surface area (Å²) in [5, 5.41) is -0.251. The third-order valence-electron chi connectivity index (χ3n) is 4.80. The van der Waals surface area contributed by atoms with Crippen LogP contribution < -0.4 is 0 Å². The third kappa shape index (κ3) is 4.04. The van der Waals surface area contributed by atoms with E-state index in [1.165, 1.54) is 6.07 Å². The molecule has 2 saturated heterocycles. The van der Waals surface area contributed by atoms with Gasteiger partial charge in [0, 0.05) is 26.2 Å². The van der Waals surface area contributed by atoms with Crippen LogP contribution >= 0.6 is 11.6 Å². The molecule has 1 atom stereocenters. The first kappa shape index (κ1) is 18.0. The fourth-order valence-corrected chi connectivity index (χ4v) is 4.00. The molecule has 0 amide bonds. The van der Waals surface area contributed by atoms with Crippen molar-refractivity contribution in [2.45, 2.75) is 31.2 Å². The van der Waals surface area contributed by atoms with Crippen LogP contribution in [0.15, 0.2) is 18.2 Å². The molecule has 0 radical (unpaired) electrons. The molecule has 134 valence electrons. The minimum atomic E-state index is -4.43. The molecular formula is C17H22ClF3N2O. The van der Waals surface area contributed by atoms with E-state index in [2.05, 4.69) is 16.8 Å². The minimum Gasteiger partial charge on any atom is -0.371 e. The van der Waals surface area contributed by atoms with Gasteiger partial charge in [-0.1, -0.05) is 17.7 Å². The number of hydrogen-bond acceptors (Lipinski definition) is 3. The summed E-state index contributed by atoms with van der Waals surface area (Å²) in [6, 6.07) is 4.18. The lowest BCUT2D eigenvalue weighted by atomic mass is 9.91. The summed E-state index contributed by atoms with van der Waals surface area (Å²) in [7, 11) is 2.08. The Morgan fingerprint density at radius 2 is 2.04 bits per heavy atom. The largest absolute Gasteiger partial charge is 0.417 e. The van der Waals surface area contributed by atoms with Gasteiger partial charge in [-0.3, -0.25) is 4.90 Å². The van der Waals surface area contributed by atoms with E-state index in [0.29, 0.717) is 18.7 Å². The zero-order valence-electron chi connectivity index (χ0n) is 13.7. The number of likely N-dealkylation sites (N-methyl/N-ethyl adjacent to an activating group) is 1. The van der Waals surface area contributed by atoms with Gasteiger partial charge in [-0.15, -0.1) is 0 Å². The Labute approximate surface area is 145 Å². The maximum Gasteiger partial charge on any atom is 0.417 e. The second-order valence-electron chi connectivity index (χ2n) is 6.90. The predicted molar refractivity (Wildman–Crippen MR) is 87.1 cm³/mol. The number of ether oxygens (including phenoxy) is 1. The lowest BCUT2D eigenvalue weighted by Gasteiger charge is -2.47. The molecule has 0 bridgehead atoms. The molecule has 2 fully saturated rings. The summed E-state index contributed by atoms with van der Waals surface area (Å²) in [6.07, 6.45) is -2.34. The molecule has 0 saturated carbocycles. The highest BCUT2D eigenvalue weighted by atomic mass is 35.5. The first-order valence-corrected chi connectivity index (χ1v) is 8.56. The molecule has 1 aromatic carbocycles. The van der Waals surface area contributed by atoms with Gasteiger partial charge in [-0.2, -0.15) is 13.2 Å². The molecule has 1 unspecified atom stereocenters. The van der Waals surface area contributed by atoms with Crippen molar-refractivity contribution >= 4 is 11.6 Å². The van der Waals surface area contributed by atoms with Gasteiger partial charge in [0.25, 0.3) is 0 Å². The average molecular weight is 363 g/mol. The molecule has 3 rings (SSSR count). The highest BCUT2D eigenvalue weighted by molar-refractivity contribution is 6.31. The number of morpholine rings is 1. The van der Waals surface area contributed by atoms with Crippen molar-refractivity contribution in [1.29, 1.82) is 0 Å². The Morgan fingerprint density at radius 1 is 1.25 bits per heavy atom. The average Bonchev–Trinajstić information content (AvgIpc) is 2.48. The van der Waals surface area contributed by atoms with E-state index in [1.54, 1.807) is 6.07 Å². The van der Waals surface area contributed by atoms with Crippen LogP contribution in [-0.4, -0.2) is 55.2 Å². The van der Waals surface area contributed by atoms with Crippen molar-refractivity contribution in [2.24, 2.45) is 0 Å². The molecule has 7 heteroatoms. The zero-order valence-corrected chi connectivity index (χ0v) is 14.5. The molecule has 2 heterocycles. The number of piperidine rings is 1. The number of alkyl halides is 3. The van der Waals surface area contributed by atoms with Crippen LogP contribution in [0.2, 0.25) is 5.02 Å². The Balaban J connectivity index is 1.72. The maximum atomic E-state index is 13.0. The van der Waals surface area contributed by atoms with E-state index in [1.807, 2.05) is 0 Å². The Kier molecular flexibility index (Phi) is 5.12. The van der Waals surface area contributed by atoms with E-state index in [4.69, 9.17) is 16.3 Å². The first-order chi connectivity index (χ1) is 11.3. The van der Waals surface area contributed by atoms with Crippen LogP contribution in [-0.2, 0) is 17.5 Å². The molecule has 3 nitrogen and oxygen atoms in total. The fraction of sp³-hybridized carbons (Fsp3) is 0.647. The molecule has 2 aliphatic heterocycles. The fourth-order valence-electron chi connectivity index (χ4n) is 3.77. The quantitative estimate of drug-likeness (QED) is 0.798. The van der Waals surface area contributed by atoms with Crippen LogP contribution in [0.4, 0.5) is 13.2 Å². The molecule has 1 aromatic rings. The topological polar surface area (TPSA) is 15.7 Å². The van der Waals surface area contributed by atoms with Crippen molar-refractivity contribution in [3.05, 3.63) is 34.3 Å². The van der Waals surface area contributed by atoms with E-state index < -0.39 is 11.7 Å². The molecule has 1 spiro atoms. The van der Waals surface area contributed by atoms with Crippen LogP contribution in [0, 0.1) is 0 Å². The van der Waals surface area contributed by atoms with Crippen molar-refractivity contribution in [3.8, 4) is 0 Å². The van der Waals surface area contributed by atoms with Gasteiger partial charge in [0.15, 0.2) is 0 Å². The van der Waals surface area contributed by atoms with Crippen molar-refractivity contribution in [3.63, 3.8) is 0 Å². The van der Waals surface area contributed by atoms with Crippen LogP contribution in [0.1, 0.15) is 24.0 Å². The molecule has 2 aliphatic rings. The van der Waals surface area contributed by atoms with Crippen LogP contribution in [0.25, 0.3) is 0 Å². The minimum absolute atomic E-state index is 0.190. The van der Waals surface area contributed by atoms with Crippen molar-refractivity contribution in [2.75, 3.05) is 39.8 Å². The normalized spacial score (nSPS) is 26.9. The number of benzene rings is 1. The molecule has 0 N–H and O–H groups in total. The van der Waals surface area contributed by atoms with Crippen molar-refractivity contribution < 1.29 is 17.9 Å². The standard InChI is InChI=1S/C17H22ClF3N2O/c1-22-6-2-5-16(11-22)12-23(7-8-24-16)10-13-3-4-15(18)14(9-13)17(19,20)21/h3-4,9H,2,5-8,10-12H2,1H3. The summed E-state index contributed by atoms with van der Waals surface area (Å²) >= 11 is 5.70. The van der Waals surface area contributed by atoms with Gasteiger partial charge in [0.2, 0.25) is 0 Å². The number of halogens is 4. The Bertz CT molecular complexity index is 592. The molecule has 24 heavy (non-hydrogen) atoms. The number of nitrogens with zero attached hydrogens (tertiary/aromatic N) is 2. The monoisotopic (exact) mass is 362 g/mol. The second kappa shape index (κ2) is 6.83. The summed E-state index contributed by atoms with van der Waals surface area (Å²) in [5.41, 5.74) is -0.320. The molecule has 0 aliphatic carbocycles. The maximum absolute atomic E-state index is 13.0. The zero-order chi connectivity index (χ0) is 17.4. The van der Waals surface area contributed by atoms with E-state index in [-0.39, 0.29) is 10.6 Å². The lowest BCUT2D eigenvalue weighted by Crippen LogP contribution is -2.58. The van der Waals surface area contributed by atoms with Crippen LogP contribution in [0.3, 0.4) is 0 Å². The summed E-state index contributed by atoms with van der Waals surface area (Å²) < 4.78 is 45.1. The van der Waals surface area contributed by atoms with Crippen molar-refractivity contribution in [1.82, 2.24) is 9.80 Å². The summed E-state index contributed by atoms with van der Waals surface area (Å²) in [5.74, 6) is 0. The Morgan fingerprint density at radius 3 is 2.75 bits per heavy atom. The van der Waals surface area contributed by atoms with Crippen LogP contribution in [0.5, 0.6) is 0 Å². The van der Waals surface area contributed by atoms with Gasteiger partial charge >= 0.3 is 6.18 Å². The number of likely N-dealkylation sites (tertiary alicyclic amines) is 1. The van der Waals surface area contributed by atoms with Gasteiger partial charge < -0.3 is 9.64 Å². The summed E-state index contributed by atoms with van der Waals surface area (Å²) in [4.78, 5) is 4.45. The van der Waals surface area contributed by atoms with Gasteiger partial charge in [-0.05, 0) is 44.1 Å². The number of hydrogen-bond donors (Lipinski definition) is 0. The third-order valence-corrected chi connectivity index (χ3v) is 5.13. The highest BCUT2D eigenvalue weighted by Gasteiger charge is 2.39. The first-order valence-electron chi connectivity index (χ1n) is 8.18. The highest BCUT2D eigenvalue weighted by Crippen LogP contribution is 2.36. The van der Waals surface area contributed by atoms with Gasteiger partial charge in [0.05, 0.1) is 22.8 Å². The predicted octanol–water partition coefficient (Wildman–Crippen LogP) is 3.66. The molecular weight excluding hydrogens is 341 g/mol. The molecule has 0 aromatic heterocycles. The van der Waals surface area contributed by atoms with E-state index in [0.717, 1.165) is 45.1 Å². The Hall–Kier alpha value is -0.820. The van der Waals surface area contributed by atoms with Gasteiger partial charge in [0.1, 0.15) is 0 Å². The lowest BCUT2D eigenvalue weighted by molar-refractivity contribution is -0.139. The van der Waals surface area contributed by atoms with E-state index >= 15 is 0 Å². The summed E-state index contributed by atoms with van der Waals surface area (Å²) in [6.45, 7) is 4.52. The van der Waals surface area contributed by atoms with Gasteiger partial charge in [-0.25, -0.2) is 0 Å². The SMILES string of the molecule is CN1CCCC2(C1)CN(Cc1ccc(Cl)c(C(F)(F)F)c1)CCO2. The van der Waals surface area contributed by atoms with E-state index in [9.17, 15) is 13.2 Å². The second-order valence-corrected chi connectivity index (χ2v) is 7.30.